The maximum atomic E-state index is 12.4. The Morgan fingerprint density at radius 1 is 1.17 bits per heavy atom. The molecule has 6 nitrogen and oxygen atoms in total. The normalized spacial score (nSPS) is 11.7. The van der Waals surface area contributed by atoms with Crippen molar-refractivity contribution in [3.63, 3.8) is 0 Å². The van der Waals surface area contributed by atoms with Crippen LogP contribution in [0.1, 0.15) is 28.1 Å². The lowest BCUT2D eigenvalue weighted by atomic mass is 10.0. The third kappa shape index (κ3) is 3.73. The summed E-state index contributed by atoms with van der Waals surface area (Å²) in [5.74, 6) is 0.844. The third-order valence-corrected chi connectivity index (χ3v) is 5.59. The highest BCUT2D eigenvalue weighted by Crippen LogP contribution is 2.23. The van der Waals surface area contributed by atoms with Gasteiger partial charge < -0.3 is 4.74 Å². The monoisotopic (exact) mass is 337 g/mol. The van der Waals surface area contributed by atoms with E-state index in [-0.39, 0.29) is 4.90 Å². The van der Waals surface area contributed by atoms with Gasteiger partial charge in [-0.3, -0.25) is 5.10 Å². The molecule has 0 saturated heterocycles. The molecule has 1 aromatic carbocycles. The molecule has 2 N–H and O–H groups in total. The van der Waals surface area contributed by atoms with Crippen LogP contribution >= 0.6 is 0 Å². The summed E-state index contributed by atoms with van der Waals surface area (Å²) >= 11 is 0. The molecular formula is C16H23N3O3S. The summed E-state index contributed by atoms with van der Waals surface area (Å²) in [4.78, 5) is 0.236. The molecule has 23 heavy (non-hydrogen) atoms. The summed E-state index contributed by atoms with van der Waals surface area (Å²) in [6.45, 7) is 7.68. The lowest BCUT2D eigenvalue weighted by Crippen LogP contribution is -2.27. The number of H-pyrrole nitrogens is 1. The number of hydrogen-bond acceptors (Lipinski definition) is 4. The number of hydrogen-bond donors (Lipinski definition) is 2. The summed E-state index contributed by atoms with van der Waals surface area (Å²) < 4.78 is 32.7. The van der Waals surface area contributed by atoms with Gasteiger partial charge in [-0.25, -0.2) is 13.1 Å². The predicted molar refractivity (Wildman–Crippen MR) is 89.4 cm³/mol. The van der Waals surface area contributed by atoms with Gasteiger partial charge in [-0.15, -0.1) is 0 Å². The van der Waals surface area contributed by atoms with E-state index in [0.29, 0.717) is 24.4 Å². The van der Waals surface area contributed by atoms with Crippen molar-refractivity contribution < 1.29 is 13.2 Å². The van der Waals surface area contributed by atoms with Crippen molar-refractivity contribution in [1.29, 1.82) is 0 Å². The summed E-state index contributed by atoms with van der Waals surface area (Å²) in [5.41, 5.74) is 4.25. The van der Waals surface area contributed by atoms with E-state index < -0.39 is 10.0 Å². The van der Waals surface area contributed by atoms with Crippen LogP contribution in [0.4, 0.5) is 0 Å². The highest BCUT2D eigenvalue weighted by molar-refractivity contribution is 7.89. The first-order valence-electron chi connectivity index (χ1n) is 7.41. The minimum Gasteiger partial charge on any atom is -0.496 e. The van der Waals surface area contributed by atoms with Gasteiger partial charge in [0, 0.05) is 6.54 Å². The molecule has 0 aliphatic rings. The molecule has 0 saturated carbocycles. The largest absolute Gasteiger partial charge is 0.496 e. The Hall–Kier alpha value is -1.86. The topological polar surface area (TPSA) is 84.1 Å². The molecule has 0 aliphatic carbocycles. The lowest BCUT2D eigenvalue weighted by Gasteiger charge is -2.12. The first kappa shape index (κ1) is 17.5. The molecule has 0 unspecified atom stereocenters. The Morgan fingerprint density at radius 3 is 2.43 bits per heavy atom. The molecule has 0 spiro atoms. The number of benzene rings is 1. The van der Waals surface area contributed by atoms with Crippen LogP contribution in [0, 0.1) is 27.7 Å². The van der Waals surface area contributed by atoms with Crippen LogP contribution < -0.4 is 9.46 Å². The Morgan fingerprint density at radius 2 is 1.87 bits per heavy atom. The van der Waals surface area contributed by atoms with Gasteiger partial charge in [0.05, 0.1) is 18.5 Å². The maximum absolute atomic E-state index is 12.4. The average molecular weight is 337 g/mol. The second-order valence-corrected chi connectivity index (χ2v) is 7.36. The minimum atomic E-state index is -3.55. The van der Waals surface area contributed by atoms with Gasteiger partial charge in [0.1, 0.15) is 10.6 Å². The van der Waals surface area contributed by atoms with E-state index in [4.69, 9.17) is 4.74 Å². The number of nitrogens with one attached hydrogen (secondary N) is 2. The van der Waals surface area contributed by atoms with Gasteiger partial charge in [-0.05, 0) is 56.9 Å². The van der Waals surface area contributed by atoms with Crippen LogP contribution in [0.25, 0.3) is 0 Å². The second kappa shape index (κ2) is 6.72. The van der Waals surface area contributed by atoms with Gasteiger partial charge >= 0.3 is 0 Å². The quantitative estimate of drug-likeness (QED) is 0.846. The van der Waals surface area contributed by atoms with Crippen LogP contribution in [-0.2, 0) is 16.4 Å². The maximum Gasteiger partial charge on any atom is 0.244 e. The molecule has 1 heterocycles. The summed E-state index contributed by atoms with van der Waals surface area (Å²) in [7, 11) is -1.91. The standard InChI is InChI=1S/C16H23N3O3S/c1-10-9-15(22-5)11(2)8-14(10)6-7-17-23(20,21)16-12(3)18-19-13(16)4/h8-9,17H,6-7H2,1-5H3,(H,18,19). The predicted octanol–water partition coefficient (Wildman–Crippen LogP) is 2.17. The van der Waals surface area contributed by atoms with Crippen molar-refractivity contribution in [1.82, 2.24) is 14.9 Å². The fourth-order valence-electron chi connectivity index (χ4n) is 2.67. The molecule has 126 valence electrons. The van der Waals surface area contributed by atoms with E-state index in [1.165, 1.54) is 0 Å². The number of nitrogens with zero attached hydrogens (tertiary/aromatic N) is 1. The number of ether oxygens (including phenoxy) is 1. The van der Waals surface area contributed by atoms with E-state index in [0.717, 1.165) is 22.4 Å². The van der Waals surface area contributed by atoms with Gasteiger partial charge in [-0.1, -0.05) is 6.07 Å². The van der Waals surface area contributed by atoms with Crippen molar-refractivity contribution in [3.8, 4) is 5.75 Å². The molecule has 7 heteroatoms. The highest BCUT2D eigenvalue weighted by Gasteiger charge is 2.21. The Balaban J connectivity index is 2.10. The zero-order valence-electron chi connectivity index (χ0n) is 14.1. The van der Waals surface area contributed by atoms with Crippen molar-refractivity contribution in [2.45, 2.75) is 39.0 Å². The molecule has 0 amide bonds. The van der Waals surface area contributed by atoms with Gasteiger partial charge in [-0.2, -0.15) is 5.10 Å². The summed E-state index contributed by atoms with van der Waals surface area (Å²) in [6, 6.07) is 4.01. The van der Waals surface area contributed by atoms with Crippen LogP contribution in [0.2, 0.25) is 0 Å². The van der Waals surface area contributed by atoms with Crippen LogP contribution in [-0.4, -0.2) is 32.3 Å². The Labute approximate surface area is 137 Å². The van der Waals surface area contributed by atoms with Crippen LogP contribution in [0.5, 0.6) is 5.75 Å². The zero-order valence-corrected chi connectivity index (χ0v) is 15.0. The highest BCUT2D eigenvalue weighted by atomic mass is 32.2. The molecule has 0 atom stereocenters. The Bertz CT molecular complexity index is 791. The molecule has 1 aromatic heterocycles. The second-order valence-electron chi connectivity index (χ2n) is 5.66. The summed E-state index contributed by atoms with van der Waals surface area (Å²) in [6.07, 6.45) is 0.617. The first-order valence-corrected chi connectivity index (χ1v) is 8.90. The van der Waals surface area contributed by atoms with Crippen LogP contribution in [0.15, 0.2) is 17.0 Å². The Kier molecular flexibility index (Phi) is 5.11. The number of sulfonamides is 1. The van der Waals surface area contributed by atoms with Crippen molar-refractivity contribution in [2.75, 3.05) is 13.7 Å². The molecule has 0 fully saturated rings. The molecular weight excluding hydrogens is 314 g/mol. The number of aryl methyl sites for hydroxylation is 4. The number of aromatic nitrogens is 2. The molecule has 0 radical (unpaired) electrons. The number of aromatic amines is 1. The first-order chi connectivity index (χ1) is 10.8. The van der Waals surface area contributed by atoms with E-state index in [9.17, 15) is 8.42 Å². The summed E-state index contributed by atoms with van der Waals surface area (Å²) in [5, 5.41) is 6.63. The molecule has 0 aliphatic heterocycles. The zero-order chi connectivity index (χ0) is 17.2. The third-order valence-electron chi connectivity index (χ3n) is 3.87. The van der Waals surface area contributed by atoms with Crippen molar-refractivity contribution in [3.05, 3.63) is 40.2 Å². The lowest BCUT2D eigenvalue weighted by molar-refractivity contribution is 0.411. The van der Waals surface area contributed by atoms with Gasteiger partial charge in [0.15, 0.2) is 0 Å². The minimum absolute atomic E-state index is 0.236. The number of rotatable bonds is 6. The molecule has 2 aromatic rings. The fourth-order valence-corrected chi connectivity index (χ4v) is 4.07. The SMILES string of the molecule is COc1cc(C)c(CCNS(=O)(=O)c2c(C)n[nH]c2C)cc1C. The van der Waals surface area contributed by atoms with Crippen LogP contribution in [0.3, 0.4) is 0 Å². The average Bonchev–Trinajstić information content (AvgIpc) is 2.82. The van der Waals surface area contributed by atoms with Crippen molar-refractivity contribution >= 4 is 10.0 Å². The van der Waals surface area contributed by atoms with E-state index in [1.54, 1.807) is 21.0 Å². The molecule has 0 bridgehead atoms. The number of methoxy groups -OCH3 is 1. The van der Waals surface area contributed by atoms with Gasteiger partial charge in [0.2, 0.25) is 10.0 Å². The van der Waals surface area contributed by atoms with Crippen molar-refractivity contribution in [2.24, 2.45) is 0 Å². The van der Waals surface area contributed by atoms with E-state index in [1.807, 2.05) is 26.0 Å². The van der Waals surface area contributed by atoms with E-state index in [2.05, 4.69) is 14.9 Å². The fraction of sp³-hybridized carbons (Fsp3) is 0.438. The van der Waals surface area contributed by atoms with Gasteiger partial charge in [0.25, 0.3) is 0 Å². The molecule has 2 rings (SSSR count). The van der Waals surface area contributed by atoms with E-state index >= 15 is 0 Å². The smallest absolute Gasteiger partial charge is 0.244 e.